The molecule has 0 aromatic carbocycles. The van der Waals surface area contributed by atoms with Gasteiger partial charge < -0.3 is 15.9 Å². The Balaban J connectivity index is 0. The highest BCUT2D eigenvalue weighted by atomic mass is 32.2. The van der Waals surface area contributed by atoms with Gasteiger partial charge in [-0.1, -0.05) is 0 Å². The van der Waals surface area contributed by atoms with Gasteiger partial charge in [0.1, 0.15) is 0 Å². The summed E-state index contributed by atoms with van der Waals surface area (Å²) in [5.41, 5.74) is 5.12. The fourth-order valence-electron chi connectivity index (χ4n) is 0.788. The molecule has 0 rings (SSSR count). The molecular weight excluding hydrogens is 230 g/mol. The summed E-state index contributed by atoms with van der Waals surface area (Å²) in [5.74, 6) is -0.482. The number of hydrogen-bond donors (Lipinski definition) is 3. The minimum Gasteiger partial charge on any atom is -0.481 e. The van der Waals surface area contributed by atoms with Gasteiger partial charge in [0, 0.05) is 12.8 Å². The Hall–Kier alpha value is -0.750. The first-order chi connectivity index (χ1) is 7.54. The molecule has 6 heteroatoms. The van der Waals surface area contributed by atoms with Crippen LogP contribution in [0.25, 0.3) is 0 Å². The summed E-state index contributed by atoms with van der Waals surface area (Å²) in [6.45, 7) is 0.591. The third kappa shape index (κ3) is 23.2. The Morgan fingerprint density at radius 1 is 1.06 bits per heavy atom. The summed E-state index contributed by atoms with van der Waals surface area (Å²) >= 11 is 1.68. The lowest BCUT2D eigenvalue weighted by Crippen LogP contribution is -2.00. The molecule has 0 fully saturated rings. The van der Waals surface area contributed by atoms with Gasteiger partial charge >= 0.3 is 11.9 Å². The molecule has 0 aromatic heterocycles. The molecule has 0 amide bonds. The average molecular weight is 251 g/mol. The predicted molar refractivity (Wildman–Crippen MR) is 65.8 cm³/mol. The van der Waals surface area contributed by atoms with Gasteiger partial charge in [0.15, 0.2) is 0 Å². The van der Waals surface area contributed by atoms with E-state index in [1.54, 1.807) is 11.8 Å². The number of carboxylic acid groups (broad SMARTS) is 2. The van der Waals surface area contributed by atoms with Crippen LogP contribution in [0.4, 0.5) is 0 Å². The van der Waals surface area contributed by atoms with Gasteiger partial charge in [-0.2, -0.15) is 11.8 Å². The van der Waals surface area contributed by atoms with Crippen LogP contribution in [0, 0.1) is 0 Å². The molecule has 0 radical (unpaired) electrons. The zero-order valence-electron chi connectivity index (χ0n) is 9.65. The van der Waals surface area contributed by atoms with E-state index in [1.807, 2.05) is 6.26 Å². The first-order valence-corrected chi connectivity index (χ1v) is 6.56. The Morgan fingerprint density at radius 3 is 1.94 bits per heavy atom. The van der Waals surface area contributed by atoms with Crippen LogP contribution in [-0.2, 0) is 9.59 Å². The lowest BCUT2D eigenvalue weighted by Gasteiger charge is -1.90. The number of carbonyl (C=O) groups is 2. The molecule has 0 bridgehead atoms. The number of hydrogen-bond acceptors (Lipinski definition) is 4. The average Bonchev–Trinajstić information content (AvgIpc) is 2.18. The third-order valence-electron chi connectivity index (χ3n) is 1.58. The predicted octanol–water partition coefficient (Wildman–Crippen LogP) is 1.41. The van der Waals surface area contributed by atoms with E-state index >= 15 is 0 Å². The number of thioether (sulfide) groups is 1. The Morgan fingerprint density at radius 2 is 1.56 bits per heavy atom. The van der Waals surface area contributed by atoms with Crippen molar-refractivity contribution >= 4 is 23.7 Å². The van der Waals surface area contributed by atoms with Crippen molar-refractivity contribution in [3.05, 3.63) is 0 Å². The van der Waals surface area contributed by atoms with Gasteiger partial charge in [0.2, 0.25) is 0 Å². The topological polar surface area (TPSA) is 101 Å². The second-order valence-corrected chi connectivity index (χ2v) is 4.12. The monoisotopic (exact) mass is 251 g/mol. The second-order valence-electron chi connectivity index (χ2n) is 3.13. The number of nitrogens with two attached hydrogens (primary N) is 1. The Bertz CT molecular complexity index is 168. The van der Waals surface area contributed by atoms with E-state index in [2.05, 4.69) is 0 Å². The van der Waals surface area contributed by atoms with E-state index in [0.717, 1.165) is 18.6 Å². The molecule has 0 saturated carbocycles. The molecule has 0 aliphatic carbocycles. The summed E-state index contributed by atoms with van der Waals surface area (Å²) in [6.07, 6.45) is 4.83. The zero-order valence-corrected chi connectivity index (χ0v) is 10.5. The minimum atomic E-state index is -0.738. The van der Waals surface area contributed by atoms with Crippen LogP contribution >= 0.6 is 11.8 Å². The van der Waals surface area contributed by atoms with E-state index in [0.29, 0.717) is 19.4 Å². The van der Waals surface area contributed by atoms with Gasteiger partial charge in [0.05, 0.1) is 0 Å². The van der Waals surface area contributed by atoms with E-state index in [4.69, 9.17) is 15.9 Å². The number of carboxylic acids is 2. The molecule has 0 spiro atoms. The fourth-order valence-corrected chi connectivity index (χ4v) is 1.22. The molecule has 0 saturated heterocycles. The van der Waals surface area contributed by atoms with E-state index in [9.17, 15) is 9.59 Å². The van der Waals surface area contributed by atoms with Crippen LogP contribution in [0.15, 0.2) is 0 Å². The normalized spacial score (nSPS) is 9.12. The molecule has 0 atom stereocenters. The number of rotatable bonds is 8. The van der Waals surface area contributed by atoms with Crippen molar-refractivity contribution in [2.45, 2.75) is 32.1 Å². The Kier molecular flexibility index (Phi) is 15.7. The molecule has 16 heavy (non-hydrogen) atoms. The van der Waals surface area contributed by atoms with Crippen molar-refractivity contribution in [2.75, 3.05) is 18.6 Å². The highest BCUT2D eigenvalue weighted by molar-refractivity contribution is 7.98. The summed E-state index contributed by atoms with van der Waals surface area (Å²) < 4.78 is 0. The molecule has 96 valence electrons. The first-order valence-electron chi connectivity index (χ1n) is 5.17. The summed E-state index contributed by atoms with van der Waals surface area (Å²) in [7, 11) is 0. The SMILES string of the molecule is CSCCCC(=O)O.NCCCCC(=O)O. The van der Waals surface area contributed by atoms with Crippen LogP contribution in [0.3, 0.4) is 0 Å². The summed E-state index contributed by atoms with van der Waals surface area (Å²) in [4.78, 5) is 19.7. The van der Waals surface area contributed by atoms with E-state index in [1.165, 1.54) is 0 Å². The first kappa shape index (κ1) is 17.6. The van der Waals surface area contributed by atoms with Gasteiger partial charge in [-0.05, 0) is 37.8 Å². The number of unbranched alkanes of at least 4 members (excludes halogenated alkanes) is 1. The van der Waals surface area contributed by atoms with Gasteiger partial charge in [-0.15, -0.1) is 0 Å². The minimum absolute atomic E-state index is 0.247. The molecule has 0 unspecified atom stereocenters. The molecule has 4 N–H and O–H groups in total. The molecule has 0 aliphatic heterocycles. The molecular formula is C10H21NO4S. The van der Waals surface area contributed by atoms with Crippen molar-refractivity contribution in [1.82, 2.24) is 0 Å². The van der Waals surface area contributed by atoms with Crippen LogP contribution < -0.4 is 5.73 Å². The van der Waals surface area contributed by atoms with E-state index in [-0.39, 0.29) is 6.42 Å². The summed E-state index contributed by atoms with van der Waals surface area (Å²) in [6, 6.07) is 0. The third-order valence-corrected chi connectivity index (χ3v) is 2.28. The maximum atomic E-state index is 9.86. The van der Waals surface area contributed by atoms with Crippen molar-refractivity contribution < 1.29 is 19.8 Å². The van der Waals surface area contributed by atoms with Crippen LogP contribution in [0.2, 0.25) is 0 Å². The quantitative estimate of drug-likeness (QED) is 0.564. The van der Waals surface area contributed by atoms with Crippen LogP contribution in [0.5, 0.6) is 0 Å². The standard InChI is InChI=1S/C5H11NO2.C5H10O2S/c6-4-2-1-3-5(7)8;1-8-4-2-3-5(6)7/h1-4,6H2,(H,7,8);2-4H2,1H3,(H,6,7). The highest BCUT2D eigenvalue weighted by Gasteiger charge is 1.93. The number of aliphatic carboxylic acids is 2. The zero-order chi connectivity index (χ0) is 12.8. The molecule has 0 heterocycles. The Labute approximate surface area is 100 Å². The van der Waals surface area contributed by atoms with Crippen molar-refractivity contribution in [3.8, 4) is 0 Å². The second kappa shape index (κ2) is 14.2. The summed E-state index contributed by atoms with van der Waals surface area (Å²) in [5, 5.41) is 16.2. The highest BCUT2D eigenvalue weighted by Crippen LogP contribution is 1.97. The van der Waals surface area contributed by atoms with Gasteiger partial charge in [0.25, 0.3) is 0 Å². The maximum absolute atomic E-state index is 9.86. The maximum Gasteiger partial charge on any atom is 0.303 e. The van der Waals surface area contributed by atoms with Crippen LogP contribution in [0.1, 0.15) is 32.1 Å². The largest absolute Gasteiger partial charge is 0.481 e. The molecule has 5 nitrogen and oxygen atoms in total. The van der Waals surface area contributed by atoms with Gasteiger partial charge in [-0.3, -0.25) is 9.59 Å². The van der Waals surface area contributed by atoms with Crippen LogP contribution in [-0.4, -0.2) is 40.7 Å². The van der Waals surface area contributed by atoms with Gasteiger partial charge in [-0.25, -0.2) is 0 Å². The lowest BCUT2D eigenvalue weighted by atomic mass is 10.2. The molecule has 0 aromatic rings. The lowest BCUT2D eigenvalue weighted by molar-refractivity contribution is -0.138. The van der Waals surface area contributed by atoms with E-state index < -0.39 is 11.9 Å². The fraction of sp³-hybridized carbons (Fsp3) is 0.800. The smallest absolute Gasteiger partial charge is 0.303 e. The molecule has 0 aliphatic rings. The van der Waals surface area contributed by atoms with Crippen molar-refractivity contribution in [2.24, 2.45) is 5.73 Å². The van der Waals surface area contributed by atoms with Crippen molar-refractivity contribution in [1.29, 1.82) is 0 Å². The van der Waals surface area contributed by atoms with Crippen molar-refractivity contribution in [3.63, 3.8) is 0 Å².